The maximum Gasteiger partial charge on any atom is 0.254 e. The molecule has 0 saturated heterocycles. The molecule has 0 unspecified atom stereocenters. The number of ether oxygens (including phenoxy) is 1. The Morgan fingerprint density at radius 3 is 2.48 bits per heavy atom. The topological polar surface area (TPSA) is 70.7 Å². The first-order valence-electron chi connectivity index (χ1n) is 9.97. The second-order valence-electron chi connectivity index (χ2n) is 7.65. The van der Waals surface area contributed by atoms with Crippen molar-refractivity contribution >= 4 is 11.8 Å². The predicted molar refractivity (Wildman–Crippen MR) is 114 cm³/mol. The maximum atomic E-state index is 12.8. The molecule has 0 fully saturated rings. The van der Waals surface area contributed by atoms with Gasteiger partial charge < -0.3 is 20.3 Å². The third-order valence-corrected chi connectivity index (χ3v) is 5.19. The Labute approximate surface area is 172 Å². The summed E-state index contributed by atoms with van der Waals surface area (Å²) in [6.07, 6.45) is 0.730. The van der Waals surface area contributed by atoms with Gasteiger partial charge in [-0.25, -0.2) is 0 Å². The summed E-state index contributed by atoms with van der Waals surface area (Å²) in [6.45, 7) is 3.47. The molecule has 2 aromatic rings. The zero-order chi connectivity index (χ0) is 21.0. The number of nitrogens with zero attached hydrogens (tertiary/aromatic N) is 1. The highest BCUT2D eigenvalue weighted by molar-refractivity contribution is 6.02. The number of hydrogen-bond acceptors (Lipinski definition) is 4. The summed E-state index contributed by atoms with van der Waals surface area (Å²) in [4.78, 5) is 27.4. The first-order chi connectivity index (χ1) is 13.9. The van der Waals surface area contributed by atoms with Crippen molar-refractivity contribution in [2.75, 3.05) is 34.2 Å². The molecule has 0 aromatic heterocycles. The molecule has 0 radical (unpaired) electrons. The van der Waals surface area contributed by atoms with Gasteiger partial charge in [-0.05, 0) is 51.7 Å². The highest BCUT2D eigenvalue weighted by Gasteiger charge is 2.36. The predicted octanol–water partition coefficient (Wildman–Crippen LogP) is 2.64. The van der Waals surface area contributed by atoms with Crippen LogP contribution in [-0.2, 0) is 0 Å². The molecule has 6 heteroatoms. The number of benzene rings is 2. The van der Waals surface area contributed by atoms with Crippen LogP contribution >= 0.6 is 0 Å². The van der Waals surface area contributed by atoms with Gasteiger partial charge in [0.2, 0.25) is 0 Å². The average Bonchev–Trinajstić information content (AvgIpc) is 3.05. The second kappa shape index (κ2) is 9.09. The van der Waals surface area contributed by atoms with Crippen molar-refractivity contribution in [2.24, 2.45) is 0 Å². The molecule has 1 heterocycles. The van der Waals surface area contributed by atoms with E-state index in [0.717, 1.165) is 24.1 Å². The van der Waals surface area contributed by atoms with Crippen LogP contribution in [0.5, 0.6) is 5.75 Å². The van der Waals surface area contributed by atoms with E-state index in [2.05, 4.69) is 15.5 Å². The fourth-order valence-corrected chi connectivity index (χ4v) is 3.77. The molecule has 29 heavy (non-hydrogen) atoms. The SMILES string of the molecule is CNC(=O)c1cc(C(=O)NCCCN(C)C)cc2c1O[C@H](C)[C@H]2c1ccccc1. The number of hydrogen-bond donors (Lipinski definition) is 2. The van der Waals surface area contributed by atoms with Gasteiger partial charge in [0.25, 0.3) is 11.8 Å². The number of nitrogens with one attached hydrogen (secondary N) is 2. The molecule has 2 atom stereocenters. The van der Waals surface area contributed by atoms with Crippen LogP contribution in [-0.4, -0.2) is 57.1 Å². The zero-order valence-corrected chi connectivity index (χ0v) is 17.5. The van der Waals surface area contributed by atoms with Crippen LogP contribution in [0.4, 0.5) is 0 Å². The molecule has 154 valence electrons. The van der Waals surface area contributed by atoms with E-state index in [-0.39, 0.29) is 23.8 Å². The van der Waals surface area contributed by atoms with Gasteiger partial charge in [0.05, 0.1) is 5.56 Å². The van der Waals surface area contributed by atoms with Gasteiger partial charge in [-0.1, -0.05) is 30.3 Å². The zero-order valence-electron chi connectivity index (χ0n) is 17.5. The van der Waals surface area contributed by atoms with Crippen molar-refractivity contribution < 1.29 is 14.3 Å². The van der Waals surface area contributed by atoms with Gasteiger partial charge in [-0.3, -0.25) is 9.59 Å². The Bertz CT molecular complexity index is 880. The molecule has 0 bridgehead atoms. The number of carbonyl (C=O) groups excluding carboxylic acids is 2. The minimum Gasteiger partial charge on any atom is -0.489 e. The monoisotopic (exact) mass is 395 g/mol. The van der Waals surface area contributed by atoms with Gasteiger partial charge in [0.15, 0.2) is 0 Å². The van der Waals surface area contributed by atoms with Crippen LogP contribution in [0.2, 0.25) is 0 Å². The summed E-state index contributed by atoms with van der Waals surface area (Å²) in [7, 11) is 5.58. The Morgan fingerprint density at radius 2 is 1.83 bits per heavy atom. The summed E-state index contributed by atoms with van der Waals surface area (Å²) in [5.41, 5.74) is 2.85. The van der Waals surface area contributed by atoms with E-state index in [4.69, 9.17) is 4.74 Å². The lowest BCUT2D eigenvalue weighted by Gasteiger charge is -2.15. The van der Waals surface area contributed by atoms with E-state index in [1.54, 1.807) is 13.1 Å². The highest BCUT2D eigenvalue weighted by Crippen LogP contribution is 2.44. The molecule has 2 amide bonds. The first kappa shape index (κ1) is 20.9. The Balaban J connectivity index is 1.95. The molecule has 6 nitrogen and oxygen atoms in total. The second-order valence-corrected chi connectivity index (χ2v) is 7.65. The van der Waals surface area contributed by atoms with Crippen LogP contribution in [0.1, 0.15) is 51.1 Å². The van der Waals surface area contributed by atoms with Gasteiger partial charge in [-0.15, -0.1) is 0 Å². The summed E-state index contributed by atoms with van der Waals surface area (Å²) in [5, 5.41) is 5.61. The van der Waals surface area contributed by atoms with Gasteiger partial charge in [0, 0.05) is 30.6 Å². The number of amides is 2. The lowest BCUT2D eigenvalue weighted by Crippen LogP contribution is -2.28. The van der Waals surface area contributed by atoms with E-state index in [1.165, 1.54) is 0 Å². The lowest BCUT2D eigenvalue weighted by atomic mass is 9.87. The Kier molecular flexibility index (Phi) is 6.54. The molecule has 2 aromatic carbocycles. The molecule has 0 saturated carbocycles. The minimum absolute atomic E-state index is 0.0314. The van der Waals surface area contributed by atoms with Crippen LogP contribution in [0, 0.1) is 0 Å². The first-order valence-corrected chi connectivity index (χ1v) is 9.97. The van der Waals surface area contributed by atoms with Crippen molar-refractivity contribution in [2.45, 2.75) is 25.4 Å². The number of rotatable bonds is 7. The minimum atomic E-state index is -0.260. The molecule has 1 aliphatic heterocycles. The van der Waals surface area contributed by atoms with Crippen molar-refractivity contribution in [3.05, 3.63) is 64.7 Å². The Hall–Kier alpha value is -2.86. The maximum absolute atomic E-state index is 12.8. The quantitative estimate of drug-likeness (QED) is 0.707. The Morgan fingerprint density at radius 1 is 1.10 bits per heavy atom. The fraction of sp³-hybridized carbons (Fsp3) is 0.391. The van der Waals surface area contributed by atoms with E-state index in [1.807, 2.05) is 57.4 Å². The number of carbonyl (C=O) groups is 2. The number of fused-ring (bicyclic) bond motifs is 1. The van der Waals surface area contributed by atoms with Gasteiger partial charge in [0.1, 0.15) is 11.9 Å². The highest BCUT2D eigenvalue weighted by atomic mass is 16.5. The van der Waals surface area contributed by atoms with Crippen LogP contribution in [0.3, 0.4) is 0 Å². The molecule has 1 aliphatic rings. The lowest BCUT2D eigenvalue weighted by molar-refractivity contribution is 0.0952. The van der Waals surface area contributed by atoms with Crippen molar-refractivity contribution in [3.63, 3.8) is 0 Å². The normalized spacial score (nSPS) is 17.6. The smallest absolute Gasteiger partial charge is 0.254 e. The molecular weight excluding hydrogens is 366 g/mol. The van der Waals surface area contributed by atoms with Gasteiger partial charge >= 0.3 is 0 Å². The summed E-state index contributed by atoms with van der Waals surface area (Å²) in [6, 6.07) is 13.5. The van der Waals surface area contributed by atoms with Crippen molar-refractivity contribution in [1.29, 1.82) is 0 Å². The van der Waals surface area contributed by atoms with Crippen LogP contribution in [0.25, 0.3) is 0 Å². The van der Waals surface area contributed by atoms with E-state index in [9.17, 15) is 9.59 Å². The third kappa shape index (κ3) is 4.59. The summed E-state index contributed by atoms with van der Waals surface area (Å²) < 4.78 is 6.09. The van der Waals surface area contributed by atoms with E-state index >= 15 is 0 Å². The molecule has 0 spiro atoms. The van der Waals surface area contributed by atoms with Crippen molar-refractivity contribution in [1.82, 2.24) is 15.5 Å². The molecule has 3 rings (SSSR count). The molecular formula is C23H29N3O3. The van der Waals surface area contributed by atoms with Gasteiger partial charge in [-0.2, -0.15) is 0 Å². The average molecular weight is 396 g/mol. The van der Waals surface area contributed by atoms with Crippen LogP contribution in [0.15, 0.2) is 42.5 Å². The van der Waals surface area contributed by atoms with Crippen molar-refractivity contribution in [3.8, 4) is 5.75 Å². The molecule has 2 N–H and O–H groups in total. The summed E-state index contributed by atoms with van der Waals surface area (Å²) in [5.74, 6) is 0.0958. The van der Waals surface area contributed by atoms with Crippen LogP contribution < -0.4 is 15.4 Å². The summed E-state index contributed by atoms with van der Waals surface area (Å²) >= 11 is 0. The third-order valence-electron chi connectivity index (χ3n) is 5.19. The largest absolute Gasteiger partial charge is 0.489 e. The van der Waals surface area contributed by atoms with E-state index < -0.39 is 0 Å². The fourth-order valence-electron chi connectivity index (χ4n) is 3.77. The van der Waals surface area contributed by atoms with E-state index in [0.29, 0.717) is 23.4 Å². The molecule has 0 aliphatic carbocycles. The standard InChI is InChI=1S/C23H29N3O3/c1-15-20(16-9-6-5-7-10-16)18-13-17(22(27)25-11-8-12-26(3)4)14-19(21(18)29-15)23(28)24-2/h5-7,9-10,13-15,20H,8,11-12H2,1-4H3,(H,24,28)(H,25,27)/t15-,20+/m1/s1.